The van der Waals surface area contributed by atoms with Crippen LogP contribution in [0.2, 0.25) is 0 Å². The average molecular weight is 372 g/mol. The van der Waals surface area contributed by atoms with Gasteiger partial charge in [-0.05, 0) is 42.7 Å². The summed E-state index contributed by atoms with van der Waals surface area (Å²) in [5, 5.41) is 1.16. The zero-order valence-corrected chi connectivity index (χ0v) is 15.3. The van der Waals surface area contributed by atoms with E-state index in [1.807, 2.05) is 0 Å². The Morgan fingerprint density at radius 3 is 1.65 bits per heavy atom. The van der Waals surface area contributed by atoms with Crippen molar-refractivity contribution in [2.45, 2.75) is 44.8 Å². The second-order valence-corrected chi connectivity index (χ2v) is 7.35. The topological polar surface area (TPSA) is 3.24 Å². The molecule has 3 rings (SSSR count). The van der Waals surface area contributed by atoms with Gasteiger partial charge >= 0.3 is 0 Å². The molecule has 1 nitrogen and oxygen atoms in total. The first-order valence-electron chi connectivity index (χ1n) is 8.73. The van der Waals surface area contributed by atoms with Crippen molar-refractivity contribution in [1.29, 1.82) is 0 Å². The van der Waals surface area contributed by atoms with Gasteiger partial charge in [0.1, 0.15) is 0 Å². The van der Waals surface area contributed by atoms with E-state index in [0.29, 0.717) is 6.04 Å². The molecule has 0 aliphatic heterocycles. The van der Waals surface area contributed by atoms with E-state index in [0.717, 1.165) is 24.3 Å². The first kappa shape index (κ1) is 16.7. The molecule has 1 aliphatic rings. The van der Waals surface area contributed by atoms with Gasteiger partial charge in [0.25, 0.3) is 0 Å². The van der Waals surface area contributed by atoms with Crippen molar-refractivity contribution in [2.75, 3.05) is 5.33 Å². The molecular weight excluding hydrogens is 346 g/mol. The molecule has 122 valence electrons. The van der Waals surface area contributed by atoms with Crippen LogP contribution in [0.3, 0.4) is 0 Å². The minimum absolute atomic E-state index is 0.714. The lowest BCUT2D eigenvalue weighted by atomic mass is 9.86. The number of alkyl halides is 1. The third-order valence-corrected chi connectivity index (χ3v) is 5.92. The number of nitrogens with zero attached hydrogens (tertiary/aromatic N) is 1. The van der Waals surface area contributed by atoms with Gasteiger partial charge in [0, 0.05) is 24.5 Å². The molecule has 1 aliphatic carbocycles. The van der Waals surface area contributed by atoms with Gasteiger partial charge in [-0.3, -0.25) is 4.90 Å². The molecule has 0 amide bonds. The van der Waals surface area contributed by atoms with E-state index in [1.165, 1.54) is 36.8 Å². The Labute approximate surface area is 148 Å². The van der Waals surface area contributed by atoms with Crippen molar-refractivity contribution in [1.82, 2.24) is 4.90 Å². The molecule has 2 aromatic rings. The number of hydrogen-bond acceptors (Lipinski definition) is 1. The van der Waals surface area contributed by atoms with Crippen LogP contribution in [-0.2, 0) is 13.1 Å². The molecule has 0 aromatic heterocycles. The largest absolute Gasteiger partial charge is 0.292 e. The molecule has 23 heavy (non-hydrogen) atoms. The van der Waals surface area contributed by atoms with Gasteiger partial charge in [0.05, 0.1) is 0 Å². The molecule has 0 atom stereocenters. The molecule has 0 saturated heterocycles. The van der Waals surface area contributed by atoms with Crippen molar-refractivity contribution >= 4 is 15.9 Å². The summed E-state index contributed by atoms with van der Waals surface area (Å²) in [6.07, 6.45) is 5.37. The fourth-order valence-corrected chi connectivity index (χ4v) is 4.26. The lowest BCUT2D eigenvalue weighted by Gasteiger charge is -2.37. The molecule has 0 heterocycles. The Morgan fingerprint density at radius 1 is 0.739 bits per heavy atom. The van der Waals surface area contributed by atoms with Crippen LogP contribution in [0.1, 0.15) is 36.8 Å². The third kappa shape index (κ3) is 4.92. The monoisotopic (exact) mass is 371 g/mol. The molecule has 1 fully saturated rings. The lowest BCUT2D eigenvalue weighted by molar-refractivity contribution is 0.126. The summed E-state index contributed by atoms with van der Waals surface area (Å²) in [5.41, 5.74) is 2.84. The molecular formula is C21H26BrN. The Hall–Kier alpha value is -1.12. The zero-order valence-electron chi connectivity index (χ0n) is 13.7. The van der Waals surface area contributed by atoms with Crippen LogP contribution < -0.4 is 0 Å². The third-order valence-electron chi connectivity index (χ3n) is 5.01. The first-order valence-corrected chi connectivity index (χ1v) is 9.85. The van der Waals surface area contributed by atoms with E-state index in [4.69, 9.17) is 0 Å². The maximum atomic E-state index is 3.66. The van der Waals surface area contributed by atoms with Crippen LogP contribution in [0.4, 0.5) is 0 Å². The van der Waals surface area contributed by atoms with Crippen LogP contribution in [0, 0.1) is 5.92 Å². The minimum atomic E-state index is 0.714. The highest BCUT2D eigenvalue weighted by atomic mass is 79.9. The summed E-state index contributed by atoms with van der Waals surface area (Å²) >= 11 is 3.66. The smallest absolute Gasteiger partial charge is 0.0240 e. The molecule has 2 aromatic carbocycles. The summed E-state index contributed by atoms with van der Waals surface area (Å²) in [7, 11) is 0. The molecule has 2 heteroatoms. The van der Waals surface area contributed by atoms with E-state index in [2.05, 4.69) is 81.5 Å². The van der Waals surface area contributed by atoms with Crippen molar-refractivity contribution < 1.29 is 0 Å². The predicted octanol–water partition coefficient (Wildman–Crippen LogP) is 5.64. The molecule has 1 saturated carbocycles. The first-order chi connectivity index (χ1) is 11.3. The Kier molecular flexibility index (Phi) is 6.29. The summed E-state index contributed by atoms with van der Waals surface area (Å²) in [4.78, 5) is 2.69. The zero-order chi connectivity index (χ0) is 15.9. The van der Waals surface area contributed by atoms with Gasteiger partial charge in [0.2, 0.25) is 0 Å². The quantitative estimate of drug-likeness (QED) is 0.593. The number of rotatable bonds is 6. The molecule has 0 unspecified atom stereocenters. The van der Waals surface area contributed by atoms with E-state index in [9.17, 15) is 0 Å². The fraction of sp³-hybridized carbons (Fsp3) is 0.429. The van der Waals surface area contributed by atoms with Crippen LogP contribution in [0.15, 0.2) is 60.7 Å². The van der Waals surface area contributed by atoms with Crippen molar-refractivity contribution in [3.8, 4) is 0 Å². The molecule has 0 spiro atoms. The normalized spacial score (nSPS) is 21.5. The lowest BCUT2D eigenvalue weighted by Crippen LogP contribution is -2.37. The van der Waals surface area contributed by atoms with Crippen LogP contribution in [-0.4, -0.2) is 16.3 Å². The standard InChI is InChI=1S/C21H26BrN/c22-15-18-11-13-21(14-12-18)23(16-19-7-3-1-4-8-19)17-20-9-5-2-6-10-20/h1-10,18,21H,11-17H2. The van der Waals surface area contributed by atoms with Gasteiger partial charge in [-0.2, -0.15) is 0 Å². The van der Waals surface area contributed by atoms with Crippen LogP contribution in [0.5, 0.6) is 0 Å². The van der Waals surface area contributed by atoms with E-state index < -0.39 is 0 Å². The second kappa shape index (κ2) is 8.65. The van der Waals surface area contributed by atoms with Crippen molar-refractivity contribution in [3.63, 3.8) is 0 Å². The molecule has 0 bridgehead atoms. The number of benzene rings is 2. The highest BCUT2D eigenvalue weighted by Gasteiger charge is 2.25. The van der Waals surface area contributed by atoms with Gasteiger partial charge in [-0.1, -0.05) is 76.6 Å². The van der Waals surface area contributed by atoms with Crippen LogP contribution >= 0.6 is 15.9 Å². The molecule has 0 radical (unpaired) electrons. The Bertz CT molecular complexity index is 519. The van der Waals surface area contributed by atoms with Gasteiger partial charge in [-0.15, -0.1) is 0 Å². The van der Waals surface area contributed by atoms with Gasteiger partial charge < -0.3 is 0 Å². The maximum Gasteiger partial charge on any atom is 0.0240 e. The fourth-order valence-electron chi connectivity index (χ4n) is 3.61. The predicted molar refractivity (Wildman–Crippen MR) is 102 cm³/mol. The number of halogens is 1. The number of hydrogen-bond donors (Lipinski definition) is 0. The maximum absolute atomic E-state index is 3.66. The molecule has 0 N–H and O–H groups in total. The summed E-state index contributed by atoms with van der Waals surface area (Å²) in [5.74, 6) is 0.876. The Balaban J connectivity index is 1.70. The van der Waals surface area contributed by atoms with E-state index in [1.54, 1.807) is 0 Å². The summed E-state index contributed by atoms with van der Waals surface area (Å²) < 4.78 is 0. The summed E-state index contributed by atoms with van der Waals surface area (Å²) in [6.45, 7) is 2.11. The minimum Gasteiger partial charge on any atom is -0.292 e. The highest BCUT2D eigenvalue weighted by Crippen LogP contribution is 2.30. The van der Waals surface area contributed by atoms with E-state index in [-0.39, 0.29) is 0 Å². The average Bonchev–Trinajstić information content (AvgIpc) is 2.63. The van der Waals surface area contributed by atoms with E-state index >= 15 is 0 Å². The second-order valence-electron chi connectivity index (χ2n) is 6.71. The van der Waals surface area contributed by atoms with Crippen molar-refractivity contribution in [2.24, 2.45) is 5.92 Å². The summed E-state index contributed by atoms with van der Waals surface area (Å²) in [6, 6.07) is 22.5. The van der Waals surface area contributed by atoms with Crippen LogP contribution in [0.25, 0.3) is 0 Å². The van der Waals surface area contributed by atoms with Crippen molar-refractivity contribution in [3.05, 3.63) is 71.8 Å². The highest BCUT2D eigenvalue weighted by molar-refractivity contribution is 9.09. The SMILES string of the molecule is BrCC1CCC(N(Cc2ccccc2)Cc2ccccc2)CC1. The van der Waals surface area contributed by atoms with Gasteiger partial charge in [0.15, 0.2) is 0 Å². The Morgan fingerprint density at radius 2 is 1.22 bits per heavy atom. The van der Waals surface area contributed by atoms with Gasteiger partial charge in [-0.25, -0.2) is 0 Å².